The largest absolute Gasteiger partial charge is 0.303 e. The highest BCUT2D eigenvalue weighted by molar-refractivity contribution is 5.04. The first-order chi connectivity index (χ1) is 8.99. The molecule has 1 saturated heterocycles. The van der Waals surface area contributed by atoms with Gasteiger partial charge >= 0.3 is 0 Å². The van der Waals surface area contributed by atoms with Gasteiger partial charge in [0.25, 0.3) is 0 Å². The molecule has 1 rings (SSSR count). The second-order valence-corrected chi connectivity index (χ2v) is 6.56. The lowest BCUT2D eigenvalue weighted by Gasteiger charge is -2.26. The van der Waals surface area contributed by atoms with E-state index in [9.17, 15) is 5.26 Å². The summed E-state index contributed by atoms with van der Waals surface area (Å²) in [6.45, 7) is 12.3. The molecule has 2 unspecified atom stereocenters. The number of nitriles is 1. The normalized spacial score (nSPS) is 23.5. The standard InChI is InChI=1S/C16H31N3/c1-5-15-8-11-19(12-15)10-7-6-9-16(4,13-17)18-14(2)3/h14-15,18H,5-12H2,1-4H3. The van der Waals surface area contributed by atoms with Crippen molar-refractivity contribution in [3.63, 3.8) is 0 Å². The third kappa shape index (κ3) is 5.93. The molecule has 3 nitrogen and oxygen atoms in total. The number of rotatable bonds is 8. The van der Waals surface area contributed by atoms with Gasteiger partial charge in [0.1, 0.15) is 5.54 Å². The van der Waals surface area contributed by atoms with Crippen molar-refractivity contribution >= 4 is 0 Å². The van der Waals surface area contributed by atoms with Gasteiger partial charge in [-0.1, -0.05) is 13.3 Å². The number of nitrogens with one attached hydrogen (secondary N) is 1. The van der Waals surface area contributed by atoms with Crippen LogP contribution in [0.25, 0.3) is 0 Å². The molecule has 0 aromatic carbocycles. The van der Waals surface area contributed by atoms with Crippen molar-refractivity contribution in [3.05, 3.63) is 0 Å². The summed E-state index contributed by atoms with van der Waals surface area (Å²) < 4.78 is 0. The maximum Gasteiger partial charge on any atom is 0.104 e. The monoisotopic (exact) mass is 265 g/mol. The minimum atomic E-state index is -0.356. The van der Waals surface area contributed by atoms with Crippen LogP contribution in [0.4, 0.5) is 0 Å². The predicted molar refractivity (Wildman–Crippen MR) is 81.0 cm³/mol. The molecule has 1 aliphatic heterocycles. The molecule has 0 bridgehead atoms. The number of unbranched alkanes of at least 4 members (excludes halogenated alkanes) is 1. The summed E-state index contributed by atoms with van der Waals surface area (Å²) in [6.07, 6.45) is 6.00. The van der Waals surface area contributed by atoms with E-state index in [0.717, 1.165) is 18.8 Å². The van der Waals surface area contributed by atoms with Gasteiger partial charge in [-0.05, 0) is 65.5 Å². The highest BCUT2D eigenvalue weighted by Crippen LogP contribution is 2.20. The SMILES string of the molecule is CCC1CCN(CCCCC(C)(C#N)NC(C)C)C1. The van der Waals surface area contributed by atoms with Gasteiger partial charge in [0.2, 0.25) is 0 Å². The fourth-order valence-electron chi connectivity index (χ4n) is 3.06. The Morgan fingerprint density at radius 3 is 2.68 bits per heavy atom. The van der Waals surface area contributed by atoms with Gasteiger partial charge in [-0.25, -0.2) is 0 Å². The summed E-state index contributed by atoms with van der Waals surface area (Å²) in [5.41, 5.74) is -0.356. The second kappa shape index (κ2) is 7.87. The molecule has 0 saturated carbocycles. The summed E-state index contributed by atoms with van der Waals surface area (Å²) in [7, 11) is 0. The third-order valence-corrected chi connectivity index (χ3v) is 4.20. The van der Waals surface area contributed by atoms with E-state index < -0.39 is 0 Å². The average molecular weight is 265 g/mol. The van der Waals surface area contributed by atoms with Gasteiger partial charge in [0, 0.05) is 12.6 Å². The molecule has 19 heavy (non-hydrogen) atoms. The van der Waals surface area contributed by atoms with Gasteiger partial charge in [-0.15, -0.1) is 0 Å². The van der Waals surface area contributed by atoms with Gasteiger partial charge in [-0.3, -0.25) is 5.32 Å². The molecule has 0 spiro atoms. The Kier molecular flexibility index (Phi) is 6.82. The molecule has 0 aromatic heterocycles. The van der Waals surface area contributed by atoms with Crippen LogP contribution in [0.15, 0.2) is 0 Å². The first kappa shape index (κ1) is 16.5. The van der Waals surface area contributed by atoms with Crippen LogP contribution in [0.5, 0.6) is 0 Å². The Bertz CT molecular complexity index is 295. The highest BCUT2D eigenvalue weighted by atomic mass is 15.1. The van der Waals surface area contributed by atoms with Crippen LogP contribution in [0.1, 0.15) is 59.8 Å². The lowest BCUT2D eigenvalue weighted by molar-refractivity contribution is 0.301. The summed E-state index contributed by atoms with van der Waals surface area (Å²) in [5, 5.41) is 12.7. The molecule has 1 heterocycles. The van der Waals surface area contributed by atoms with Crippen LogP contribution in [0, 0.1) is 17.2 Å². The quantitative estimate of drug-likeness (QED) is 0.685. The van der Waals surface area contributed by atoms with E-state index in [2.05, 4.69) is 37.1 Å². The molecule has 0 aliphatic carbocycles. The lowest BCUT2D eigenvalue weighted by atomic mass is 9.95. The molecule has 0 aromatic rings. The van der Waals surface area contributed by atoms with Crippen LogP contribution in [0.2, 0.25) is 0 Å². The number of hydrogen-bond acceptors (Lipinski definition) is 3. The fourth-order valence-corrected chi connectivity index (χ4v) is 3.06. The Morgan fingerprint density at radius 2 is 2.16 bits per heavy atom. The lowest BCUT2D eigenvalue weighted by Crippen LogP contribution is -2.44. The number of hydrogen-bond donors (Lipinski definition) is 1. The summed E-state index contributed by atoms with van der Waals surface area (Å²) in [6, 6.07) is 2.80. The Hall–Kier alpha value is -0.590. The Balaban J connectivity index is 2.18. The van der Waals surface area contributed by atoms with Crippen LogP contribution >= 0.6 is 0 Å². The average Bonchev–Trinajstić information content (AvgIpc) is 2.82. The Morgan fingerprint density at radius 1 is 1.42 bits per heavy atom. The van der Waals surface area contributed by atoms with E-state index in [1.54, 1.807) is 0 Å². The van der Waals surface area contributed by atoms with Crippen molar-refractivity contribution in [2.75, 3.05) is 19.6 Å². The molecule has 110 valence electrons. The highest BCUT2D eigenvalue weighted by Gasteiger charge is 2.24. The molecule has 0 amide bonds. The van der Waals surface area contributed by atoms with Gasteiger partial charge in [0.05, 0.1) is 6.07 Å². The van der Waals surface area contributed by atoms with Gasteiger partial charge < -0.3 is 4.90 Å². The smallest absolute Gasteiger partial charge is 0.104 e. The summed E-state index contributed by atoms with van der Waals surface area (Å²) >= 11 is 0. The van der Waals surface area contributed by atoms with Crippen LogP contribution in [-0.4, -0.2) is 36.1 Å². The zero-order chi connectivity index (χ0) is 14.3. The van der Waals surface area contributed by atoms with Crippen molar-refractivity contribution in [1.82, 2.24) is 10.2 Å². The minimum absolute atomic E-state index is 0.356. The fraction of sp³-hybridized carbons (Fsp3) is 0.938. The predicted octanol–water partition coefficient (Wildman–Crippen LogP) is 3.17. The van der Waals surface area contributed by atoms with E-state index >= 15 is 0 Å². The van der Waals surface area contributed by atoms with Crippen molar-refractivity contribution in [1.29, 1.82) is 5.26 Å². The summed E-state index contributed by atoms with van der Waals surface area (Å²) in [5.74, 6) is 0.923. The van der Waals surface area contributed by atoms with Crippen LogP contribution in [0.3, 0.4) is 0 Å². The van der Waals surface area contributed by atoms with E-state index in [1.807, 2.05) is 6.92 Å². The second-order valence-electron chi connectivity index (χ2n) is 6.56. The number of likely N-dealkylation sites (tertiary alicyclic amines) is 1. The van der Waals surface area contributed by atoms with Crippen molar-refractivity contribution in [3.8, 4) is 6.07 Å². The molecule has 1 N–H and O–H groups in total. The summed E-state index contributed by atoms with van der Waals surface area (Å²) in [4.78, 5) is 2.59. The van der Waals surface area contributed by atoms with Crippen LogP contribution < -0.4 is 5.32 Å². The van der Waals surface area contributed by atoms with Gasteiger partial charge in [0.15, 0.2) is 0 Å². The zero-order valence-electron chi connectivity index (χ0n) is 13.2. The van der Waals surface area contributed by atoms with Crippen molar-refractivity contribution < 1.29 is 0 Å². The van der Waals surface area contributed by atoms with E-state index in [4.69, 9.17) is 0 Å². The molecular weight excluding hydrogens is 234 g/mol. The molecule has 0 radical (unpaired) electrons. The molecule has 3 heteroatoms. The van der Waals surface area contributed by atoms with Crippen molar-refractivity contribution in [2.24, 2.45) is 5.92 Å². The van der Waals surface area contributed by atoms with Crippen molar-refractivity contribution in [2.45, 2.75) is 71.4 Å². The van der Waals surface area contributed by atoms with Gasteiger partial charge in [-0.2, -0.15) is 5.26 Å². The molecule has 2 atom stereocenters. The minimum Gasteiger partial charge on any atom is -0.303 e. The molecule has 1 aliphatic rings. The molecular formula is C16H31N3. The maximum absolute atomic E-state index is 9.29. The topological polar surface area (TPSA) is 39.1 Å². The molecule has 1 fully saturated rings. The maximum atomic E-state index is 9.29. The first-order valence-electron chi connectivity index (χ1n) is 7.90. The zero-order valence-corrected chi connectivity index (χ0v) is 13.2. The van der Waals surface area contributed by atoms with E-state index in [1.165, 1.54) is 38.9 Å². The number of nitrogens with zero attached hydrogens (tertiary/aromatic N) is 2. The third-order valence-electron chi connectivity index (χ3n) is 4.20. The first-order valence-corrected chi connectivity index (χ1v) is 7.90. The van der Waals surface area contributed by atoms with Crippen LogP contribution in [-0.2, 0) is 0 Å². The Labute approximate surface area is 119 Å². The van der Waals surface area contributed by atoms with E-state index in [0.29, 0.717) is 6.04 Å². The van der Waals surface area contributed by atoms with E-state index in [-0.39, 0.29) is 5.54 Å².